The van der Waals surface area contributed by atoms with Crippen LogP contribution in [-0.4, -0.2) is 24.5 Å². The van der Waals surface area contributed by atoms with Crippen molar-refractivity contribution < 1.29 is 4.79 Å². The summed E-state index contributed by atoms with van der Waals surface area (Å²) in [5, 5.41) is 6.04. The van der Waals surface area contributed by atoms with Crippen molar-refractivity contribution in [3.63, 3.8) is 0 Å². The van der Waals surface area contributed by atoms with Gasteiger partial charge in [0.15, 0.2) is 0 Å². The number of nitrogens with one attached hydrogen (secondary N) is 2. The van der Waals surface area contributed by atoms with Crippen LogP contribution in [0.25, 0.3) is 0 Å². The van der Waals surface area contributed by atoms with Gasteiger partial charge in [-0.05, 0) is 13.3 Å². The smallest absolute Gasteiger partial charge is 0.236 e. The monoisotopic (exact) mass is 186 g/mol. The maximum Gasteiger partial charge on any atom is 0.236 e. The van der Waals surface area contributed by atoms with E-state index in [1.54, 1.807) is 0 Å². The molecule has 0 aromatic heterocycles. The maximum atomic E-state index is 11.4. The lowest BCUT2D eigenvalue weighted by Gasteiger charge is -2.16. The normalized spacial score (nSPS) is 13.0. The van der Waals surface area contributed by atoms with Gasteiger partial charge >= 0.3 is 0 Å². The van der Waals surface area contributed by atoms with E-state index in [0.29, 0.717) is 6.04 Å². The van der Waals surface area contributed by atoms with E-state index in [1.165, 1.54) is 0 Å². The van der Waals surface area contributed by atoms with Crippen molar-refractivity contribution in [3.05, 3.63) is 0 Å². The van der Waals surface area contributed by atoms with Gasteiger partial charge in [0.05, 0.1) is 6.04 Å². The van der Waals surface area contributed by atoms with E-state index in [4.69, 9.17) is 0 Å². The highest BCUT2D eigenvalue weighted by Gasteiger charge is 2.11. The molecule has 0 aliphatic carbocycles. The molecule has 0 unspecified atom stereocenters. The van der Waals surface area contributed by atoms with Gasteiger partial charge in [-0.2, -0.15) is 0 Å². The standard InChI is InChI=1S/C10H22N2O/c1-5-6-7-11-10(13)9(4)12-8(2)3/h8-9,12H,5-7H2,1-4H3,(H,11,13)/t9-/m0/s1. The highest BCUT2D eigenvalue weighted by Crippen LogP contribution is 1.88. The van der Waals surface area contributed by atoms with Gasteiger partial charge in [0.2, 0.25) is 5.91 Å². The lowest BCUT2D eigenvalue weighted by Crippen LogP contribution is -2.45. The fourth-order valence-electron chi connectivity index (χ4n) is 1.12. The first-order valence-electron chi connectivity index (χ1n) is 5.11. The van der Waals surface area contributed by atoms with Crippen molar-refractivity contribution in [2.45, 2.75) is 52.6 Å². The van der Waals surface area contributed by atoms with Crippen LogP contribution in [0.4, 0.5) is 0 Å². The molecular formula is C10H22N2O. The van der Waals surface area contributed by atoms with Crippen molar-refractivity contribution in [3.8, 4) is 0 Å². The number of hydrogen-bond acceptors (Lipinski definition) is 2. The average molecular weight is 186 g/mol. The molecule has 0 rings (SSSR count). The number of hydrogen-bond donors (Lipinski definition) is 2. The van der Waals surface area contributed by atoms with Crippen LogP contribution in [0.15, 0.2) is 0 Å². The van der Waals surface area contributed by atoms with Crippen molar-refractivity contribution >= 4 is 5.91 Å². The summed E-state index contributed by atoms with van der Waals surface area (Å²) in [4.78, 5) is 11.4. The third-order valence-electron chi connectivity index (χ3n) is 1.81. The van der Waals surface area contributed by atoms with E-state index < -0.39 is 0 Å². The molecule has 1 atom stereocenters. The summed E-state index contributed by atoms with van der Waals surface area (Å²) >= 11 is 0. The van der Waals surface area contributed by atoms with Crippen LogP contribution < -0.4 is 10.6 Å². The Labute approximate surface area is 81.3 Å². The minimum absolute atomic E-state index is 0.0862. The zero-order valence-corrected chi connectivity index (χ0v) is 9.18. The molecule has 0 aliphatic heterocycles. The molecule has 3 heteroatoms. The molecule has 1 amide bonds. The van der Waals surface area contributed by atoms with Crippen LogP contribution in [0.2, 0.25) is 0 Å². The molecular weight excluding hydrogens is 164 g/mol. The summed E-state index contributed by atoms with van der Waals surface area (Å²) in [5.74, 6) is 0.0992. The van der Waals surface area contributed by atoms with Gasteiger partial charge < -0.3 is 10.6 Å². The van der Waals surface area contributed by atoms with Crippen molar-refractivity contribution in [2.75, 3.05) is 6.54 Å². The molecule has 0 saturated carbocycles. The topological polar surface area (TPSA) is 41.1 Å². The fraction of sp³-hybridized carbons (Fsp3) is 0.900. The predicted molar refractivity (Wildman–Crippen MR) is 55.7 cm³/mol. The third-order valence-corrected chi connectivity index (χ3v) is 1.81. The average Bonchev–Trinajstić information content (AvgIpc) is 2.03. The SMILES string of the molecule is CCCCNC(=O)[C@H](C)NC(C)C. The van der Waals surface area contributed by atoms with Gasteiger partial charge in [-0.15, -0.1) is 0 Å². The van der Waals surface area contributed by atoms with E-state index >= 15 is 0 Å². The summed E-state index contributed by atoms with van der Waals surface area (Å²) in [6.45, 7) is 8.87. The van der Waals surface area contributed by atoms with Crippen LogP contribution in [0.1, 0.15) is 40.5 Å². The first-order chi connectivity index (χ1) is 6.07. The van der Waals surface area contributed by atoms with Gasteiger partial charge in [0, 0.05) is 12.6 Å². The quantitative estimate of drug-likeness (QED) is 0.614. The summed E-state index contributed by atoms with van der Waals surface area (Å²) in [7, 11) is 0. The summed E-state index contributed by atoms with van der Waals surface area (Å²) in [5.41, 5.74) is 0. The molecule has 2 N–H and O–H groups in total. The van der Waals surface area contributed by atoms with Gasteiger partial charge in [-0.3, -0.25) is 4.79 Å². The minimum Gasteiger partial charge on any atom is -0.355 e. The highest BCUT2D eigenvalue weighted by molar-refractivity contribution is 5.81. The molecule has 0 spiro atoms. The molecule has 0 aromatic rings. The summed E-state index contributed by atoms with van der Waals surface area (Å²) < 4.78 is 0. The van der Waals surface area contributed by atoms with Crippen LogP contribution in [0.3, 0.4) is 0 Å². The number of unbranched alkanes of at least 4 members (excludes halogenated alkanes) is 1. The van der Waals surface area contributed by atoms with Crippen LogP contribution in [-0.2, 0) is 4.79 Å². The number of amides is 1. The molecule has 13 heavy (non-hydrogen) atoms. The zero-order chi connectivity index (χ0) is 10.3. The van der Waals surface area contributed by atoms with Crippen LogP contribution in [0, 0.1) is 0 Å². The van der Waals surface area contributed by atoms with E-state index in [9.17, 15) is 4.79 Å². The Morgan fingerprint density at radius 1 is 1.31 bits per heavy atom. The Morgan fingerprint density at radius 2 is 1.92 bits per heavy atom. The van der Waals surface area contributed by atoms with Gasteiger partial charge in [-0.25, -0.2) is 0 Å². The second-order valence-corrected chi connectivity index (χ2v) is 3.69. The molecule has 0 radical (unpaired) electrons. The van der Waals surface area contributed by atoms with E-state index in [0.717, 1.165) is 19.4 Å². The number of rotatable bonds is 6. The highest BCUT2D eigenvalue weighted by atomic mass is 16.2. The Kier molecular flexibility index (Phi) is 6.59. The van der Waals surface area contributed by atoms with Gasteiger partial charge in [0.25, 0.3) is 0 Å². The van der Waals surface area contributed by atoms with Crippen molar-refractivity contribution in [1.82, 2.24) is 10.6 Å². The van der Waals surface area contributed by atoms with Crippen LogP contribution in [0.5, 0.6) is 0 Å². The molecule has 0 heterocycles. The molecule has 0 aromatic carbocycles. The molecule has 0 saturated heterocycles. The van der Waals surface area contributed by atoms with E-state index in [2.05, 4.69) is 17.6 Å². The summed E-state index contributed by atoms with van der Waals surface area (Å²) in [6.07, 6.45) is 2.17. The lowest BCUT2D eigenvalue weighted by atomic mass is 10.2. The Hall–Kier alpha value is -0.570. The van der Waals surface area contributed by atoms with Crippen molar-refractivity contribution in [2.24, 2.45) is 0 Å². The van der Waals surface area contributed by atoms with E-state index in [-0.39, 0.29) is 11.9 Å². The third kappa shape index (κ3) is 6.58. The second kappa shape index (κ2) is 6.89. The lowest BCUT2D eigenvalue weighted by molar-refractivity contribution is -0.122. The van der Waals surface area contributed by atoms with Gasteiger partial charge in [0.1, 0.15) is 0 Å². The van der Waals surface area contributed by atoms with E-state index in [1.807, 2.05) is 20.8 Å². The minimum atomic E-state index is -0.0862. The predicted octanol–water partition coefficient (Wildman–Crippen LogP) is 1.29. The Bertz CT molecular complexity index is 146. The first kappa shape index (κ1) is 12.4. The molecule has 0 bridgehead atoms. The van der Waals surface area contributed by atoms with Crippen molar-refractivity contribution in [1.29, 1.82) is 0 Å². The molecule has 3 nitrogen and oxygen atoms in total. The van der Waals surface area contributed by atoms with Gasteiger partial charge in [-0.1, -0.05) is 27.2 Å². The fourth-order valence-corrected chi connectivity index (χ4v) is 1.12. The number of carbonyl (C=O) groups excluding carboxylic acids is 1. The Balaban J connectivity index is 3.57. The maximum absolute atomic E-state index is 11.4. The molecule has 78 valence electrons. The first-order valence-corrected chi connectivity index (χ1v) is 5.11. The van der Waals surface area contributed by atoms with Crippen LogP contribution >= 0.6 is 0 Å². The molecule has 0 aliphatic rings. The molecule has 0 fully saturated rings. The Morgan fingerprint density at radius 3 is 2.38 bits per heavy atom. The largest absolute Gasteiger partial charge is 0.355 e. The summed E-state index contributed by atoms with van der Waals surface area (Å²) in [6, 6.07) is 0.267. The number of carbonyl (C=O) groups is 1. The second-order valence-electron chi connectivity index (χ2n) is 3.69. The zero-order valence-electron chi connectivity index (χ0n) is 9.18.